The summed E-state index contributed by atoms with van der Waals surface area (Å²) >= 11 is 8.50. The lowest BCUT2D eigenvalue weighted by Crippen LogP contribution is -2.09. The van der Waals surface area contributed by atoms with Crippen molar-refractivity contribution in [2.24, 2.45) is 0 Å². The molecule has 0 unspecified atom stereocenters. The molecule has 0 radical (unpaired) electrons. The first-order chi connectivity index (χ1) is 7.47. The van der Waals surface area contributed by atoms with Gasteiger partial charge in [-0.05, 0) is 28.9 Å². The van der Waals surface area contributed by atoms with E-state index in [1.54, 1.807) is 6.92 Å². The van der Waals surface area contributed by atoms with E-state index in [0.29, 0.717) is 0 Å². The predicted molar refractivity (Wildman–Crippen MR) is 57.9 cm³/mol. The molecule has 1 rings (SSSR count). The van der Waals surface area contributed by atoms with Crippen LogP contribution in [0.3, 0.4) is 0 Å². The number of hydrogen-bond donors (Lipinski definition) is 0. The molecule has 0 saturated heterocycles. The molecule has 0 aliphatic heterocycles. The number of nitrogens with zero attached hydrogens (tertiary/aromatic N) is 1. The van der Waals surface area contributed by atoms with Crippen molar-refractivity contribution < 1.29 is 18.3 Å². The summed E-state index contributed by atoms with van der Waals surface area (Å²) in [6, 6.07) is 0.996. The molecule has 0 bridgehead atoms. The lowest BCUT2D eigenvalue weighted by Gasteiger charge is -2.07. The average molecular weight is 315 g/mol. The number of rotatable bonds is 3. The third-order valence-corrected chi connectivity index (χ3v) is 2.58. The van der Waals surface area contributed by atoms with E-state index < -0.39 is 12.4 Å². The van der Waals surface area contributed by atoms with Crippen molar-refractivity contribution in [2.75, 3.05) is 6.61 Å². The third-order valence-electron chi connectivity index (χ3n) is 1.66. The van der Waals surface area contributed by atoms with Gasteiger partial charge >= 0.3 is 5.97 Å². The number of hydrogen-bond acceptors (Lipinski definition) is 3. The van der Waals surface area contributed by atoms with E-state index in [-0.39, 0.29) is 27.5 Å². The molecule has 0 amide bonds. The molecule has 16 heavy (non-hydrogen) atoms. The standard InChI is InChI=1S/C9H7BrClF2NO2/c1-2-16-9(15)6-5(11)3-4(8(12)13)7(10)14-6/h3,8H,2H2,1H3. The minimum Gasteiger partial charge on any atom is -0.461 e. The number of aromatic nitrogens is 1. The van der Waals surface area contributed by atoms with Crippen LogP contribution < -0.4 is 0 Å². The summed E-state index contributed by atoms with van der Waals surface area (Å²) in [6.45, 7) is 1.78. The number of ether oxygens (including phenoxy) is 1. The van der Waals surface area contributed by atoms with E-state index in [2.05, 4.69) is 25.7 Å². The highest BCUT2D eigenvalue weighted by Gasteiger charge is 2.20. The van der Waals surface area contributed by atoms with Gasteiger partial charge in [-0.2, -0.15) is 0 Å². The van der Waals surface area contributed by atoms with Gasteiger partial charge in [-0.25, -0.2) is 18.6 Å². The van der Waals surface area contributed by atoms with E-state index >= 15 is 0 Å². The Labute approximate surface area is 104 Å². The van der Waals surface area contributed by atoms with Gasteiger partial charge in [0.25, 0.3) is 6.43 Å². The molecule has 3 nitrogen and oxygen atoms in total. The highest BCUT2D eigenvalue weighted by molar-refractivity contribution is 9.10. The van der Waals surface area contributed by atoms with E-state index in [4.69, 9.17) is 11.6 Å². The molecule has 0 aliphatic carbocycles. The second-order valence-corrected chi connectivity index (χ2v) is 3.88. The zero-order valence-corrected chi connectivity index (χ0v) is 10.5. The number of carbonyl (C=O) groups excluding carboxylic acids is 1. The van der Waals surface area contributed by atoms with Crippen LogP contribution in [0.1, 0.15) is 29.4 Å². The summed E-state index contributed by atoms with van der Waals surface area (Å²) in [5, 5.41) is -0.156. The fourth-order valence-electron chi connectivity index (χ4n) is 0.976. The van der Waals surface area contributed by atoms with Gasteiger partial charge in [0, 0.05) is 0 Å². The van der Waals surface area contributed by atoms with Crippen molar-refractivity contribution in [3.05, 3.63) is 26.9 Å². The van der Waals surface area contributed by atoms with Gasteiger partial charge in [0.1, 0.15) is 4.60 Å². The van der Waals surface area contributed by atoms with Crippen LogP contribution in [0.15, 0.2) is 10.7 Å². The minimum atomic E-state index is -2.71. The topological polar surface area (TPSA) is 39.2 Å². The van der Waals surface area contributed by atoms with Crippen LogP contribution in [0.2, 0.25) is 5.02 Å². The Hall–Kier alpha value is -0.750. The largest absolute Gasteiger partial charge is 0.461 e. The summed E-state index contributed by atoms with van der Waals surface area (Å²) in [4.78, 5) is 15.0. The quantitative estimate of drug-likeness (QED) is 0.632. The van der Waals surface area contributed by atoms with Gasteiger partial charge in [0.05, 0.1) is 17.2 Å². The van der Waals surface area contributed by atoms with Crippen LogP contribution in [0.4, 0.5) is 8.78 Å². The van der Waals surface area contributed by atoms with Gasteiger partial charge in [-0.3, -0.25) is 0 Å². The van der Waals surface area contributed by atoms with Crippen LogP contribution in [0.5, 0.6) is 0 Å². The maximum Gasteiger partial charge on any atom is 0.358 e. The molecule has 88 valence electrons. The second kappa shape index (κ2) is 5.54. The van der Waals surface area contributed by atoms with Crippen LogP contribution in [0, 0.1) is 0 Å². The third kappa shape index (κ3) is 2.89. The summed E-state index contributed by atoms with van der Waals surface area (Å²) in [5.41, 5.74) is -0.544. The molecule has 0 aromatic carbocycles. The fraction of sp³-hybridized carbons (Fsp3) is 0.333. The molecular formula is C9H7BrClF2NO2. The summed E-state index contributed by atoms with van der Waals surface area (Å²) in [7, 11) is 0. The molecule has 0 spiro atoms. The van der Waals surface area contributed by atoms with Gasteiger partial charge in [-0.15, -0.1) is 0 Å². The summed E-state index contributed by atoms with van der Waals surface area (Å²) < 4.78 is 29.4. The fourth-order valence-corrected chi connectivity index (χ4v) is 1.68. The zero-order chi connectivity index (χ0) is 12.3. The molecule has 0 fully saturated rings. The maximum atomic E-state index is 12.4. The monoisotopic (exact) mass is 313 g/mol. The molecule has 1 aromatic heterocycles. The van der Waals surface area contributed by atoms with Crippen molar-refractivity contribution in [3.63, 3.8) is 0 Å². The van der Waals surface area contributed by atoms with Crippen LogP contribution in [-0.2, 0) is 4.74 Å². The zero-order valence-electron chi connectivity index (χ0n) is 8.14. The SMILES string of the molecule is CCOC(=O)c1nc(Br)c(C(F)F)cc1Cl. The Morgan fingerprint density at radius 3 is 2.81 bits per heavy atom. The van der Waals surface area contributed by atoms with E-state index in [1.165, 1.54) is 0 Å². The van der Waals surface area contributed by atoms with Crippen molar-refractivity contribution in [1.29, 1.82) is 0 Å². The van der Waals surface area contributed by atoms with Gasteiger partial charge in [-0.1, -0.05) is 11.6 Å². The normalized spacial score (nSPS) is 10.6. The Balaban J connectivity index is 3.15. The highest BCUT2D eigenvalue weighted by Crippen LogP contribution is 2.30. The lowest BCUT2D eigenvalue weighted by molar-refractivity contribution is 0.0519. The van der Waals surface area contributed by atoms with Crippen molar-refractivity contribution in [3.8, 4) is 0 Å². The molecule has 0 N–H and O–H groups in total. The first-order valence-corrected chi connectivity index (χ1v) is 5.45. The van der Waals surface area contributed by atoms with Gasteiger partial charge in [0.2, 0.25) is 0 Å². The molecule has 1 aromatic rings. The smallest absolute Gasteiger partial charge is 0.358 e. The molecule has 0 aliphatic rings. The number of alkyl halides is 2. The Kier molecular flexibility index (Phi) is 4.61. The van der Waals surface area contributed by atoms with E-state index in [9.17, 15) is 13.6 Å². The second-order valence-electron chi connectivity index (χ2n) is 2.72. The van der Waals surface area contributed by atoms with Gasteiger partial charge < -0.3 is 4.74 Å². The Morgan fingerprint density at radius 2 is 2.31 bits per heavy atom. The first kappa shape index (κ1) is 13.3. The first-order valence-electron chi connectivity index (χ1n) is 4.28. The molecule has 7 heteroatoms. The predicted octanol–water partition coefficient (Wildman–Crippen LogP) is 3.61. The van der Waals surface area contributed by atoms with Crippen molar-refractivity contribution >= 4 is 33.5 Å². The lowest BCUT2D eigenvalue weighted by atomic mass is 10.2. The minimum absolute atomic E-state index is 0.116. The Bertz CT molecular complexity index is 415. The summed E-state index contributed by atoms with van der Waals surface area (Å²) in [6.07, 6.45) is -2.71. The Morgan fingerprint density at radius 1 is 1.69 bits per heavy atom. The molecular weight excluding hydrogens is 307 g/mol. The average Bonchev–Trinajstić information content (AvgIpc) is 2.20. The maximum absolute atomic E-state index is 12.4. The van der Waals surface area contributed by atoms with E-state index in [0.717, 1.165) is 6.07 Å². The van der Waals surface area contributed by atoms with E-state index in [1.807, 2.05) is 0 Å². The number of esters is 1. The molecule has 0 saturated carbocycles. The number of carbonyl (C=O) groups is 1. The van der Waals surface area contributed by atoms with Crippen LogP contribution in [0.25, 0.3) is 0 Å². The molecule has 1 heterocycles. The highest BCUT2D eigenvalue weighted by atomic mass is 79.9. The van der Waals surface area contributed by atoms with Gasteiger partial charge in [0.15, 0.2) is 5.69 Å². The summed E-state index contributed by atoms with van der Waals surface area (Å²) in [5.74, 6) is -0.742. The van der Waals surface area contributed by atoms with Crippen molar-refractivity contribution in [1.82, 2.24) is 4.98 Å². The van der Waals surface area contributed by atoms with Crippen LogP contribution >= 0.6 is 27.5 Å². The van der Waals surface area contributed by atoms with Crippen molar-refractivity contribution in [2.45, 2.75) is 13.3 Å². The number of pyridine rings is 1. The molecule has 0 atom stereocenters. The van der Waals surface area contributed by atoms with Crippen LogP contribution in [-0.4, -0.2) is 17.6 Å². The number of halogens is 4.